The van der Waals surface area contributed by atoms with Crippen molar-refractivity contribution in [2.75, 3.05) is 6.61 Å². The predicted molar refractivity (Wildman–Crippen MR) is 111 cm³/mol. The molecule has 0 aromatic heterocycles. The quantitative estimate of drug-likeness (QED) is 0.546. The zero-order chi connectivity index (χ0) is 23.4. The Bertz CT molecular complexity index is 842. The van der Waals surface area contributed by atoms with Gasteiger partial charge in [-0.2, -0.15) is 0 Å². The number of carbonyl (C=O) groups is 2. The molecular formula is C24H36O8. The van der Waals surface area contributed by atoms with E-state index in [2.05, 4.69) is 6.92 Å². The van der Waals surface area contributed by atoms with Crippen molar-refractivity contribution in [3.05, 3.63) is 0 Å². The fourth-order valence-electron chi connectivity index (χ4n) is 9.50. The molecule has 1 spiro atoms. The number of hydrogen-bond donors (Lipinski definition) is 3. The maximum atomic E-state index is 12.1. The van der Waals surface area contributed by atoms with Crippen LogP contribution in [-0.2, 0) is 23.8 Å². The van der Waals surface area contributed by atoms with Crippen LogP contribution in [0.2, 0.25) is 0 Å². The molecule has 180 valence electrons. The molecule has 2 aliphatic heterocycles. The normalized spacial score (nSPS) is 54.6. The molecule has 4 saturated carbocycles. The van der Waals surface area contributed by atoms with Crippen LogP contribution in [0.1, 0.15) is 60.3 Å². The summed E-state index contributed by atoms with van der Waals surface area (Å²) in [6, 6.07) is 0. The van der Waals surface area contributed by atoms with Crippen LogP contribution in [0.25, 0.3) is 0 Å². The van der Waals surface area contributed by atoms with Crippen LogP contribution in [0.5, 0.6) is 0 Å². The van der Waals surface area contributed by atoms with Gasteiger partial charge in [0.1, 0.15) is 17.8 Å². The highest BCUT2D eigenvalue weighted by Gasteiger charge is 2.84. The van der Waals surface area contributed by atoms with Crippen molar-refractivity contribution in [3.8, 4) is 0 Å². The Hall–Kier alpha value is -1.22. The van der Waals surface area contributed by atoms with Crippen LogP contribution in [-0.4, -0.2) is 70.0 Å². The van der Waals surface area contributed by atoms with Gasteiger partial charge in [-0.1, -0.05) is 20.8 Å². The predicted octanol–water partition coefficient (Wildman–Crippen LogP) is 1.18. The average molecular weight is 453 g/mol. The Kier molecular flexibility index (Phi) is 4.71. The fourth-order valence-corrected chi connectivity index (χ4v) is 9.50. The average Bonchev–Trinajstić information content (AvgIpc) is 3.07. The Morgan fingerprint density at radius 2 is 1.72 bits per heavy atom. The van der Waals surface area contributed by atoms with E-state index in [4.69, 9.17) is 14.2 Å². The molecule has 0 aromatic carbocycles. The molecule has 6 fully saturated rings. The highest BCUT2D eigenvalue weighted by Crippen LogP contribution is 2.77. The van der Waals surface area contributed by atoms with Gasteiger partial charge in [0, 0.05) is 36.5 Å². The van der Waals surface area contributed by atoms with Crippen LogP contribution in [0.4, 0.5) is 0 Å². The van der Waals surface area contributed by atoms with E-state index < -0.39 is 46.1 Å². The molecule has 0 aromatic rings. The highest BCUT2D eigenvalue weighted by molar-refractivity contribution is 5.67. The monoisotopic (exact) mass is 452 g/mol. The van der Waals surface area contributed by atoms with Gasteiger partial charge in [-0.15, -0.1) is 0 Å². The molecule has 0 amide bonds. The lowest BCUT2D eigenvalue weighted by atomic mass is 9.38. The summed E-state index contributed by atoms with van der Waals surface area (Å²) in [6.07, 6.45) is -0.983. The van der Waals surface area contributed by atoms with E-state index >= 15 is 0 Å². The molecule has 6 rings (SSSR count). The number of aliphatic hydroxyl groups excluding tert-OH is 3. The van der Waals surface area contributed by atoms with Crippen LogP contribution in [0.3, 0.4) is 0 Å². The van der Waals surface area contributed by atoms with Crippen molar-refractivity contribution in [2.45, 2.75) is 96.4 Å². The molecule has 32 heavy (non-hydrogen) atoms. The van der Waals surface area contributed by atoms with Gasteiger partial charge in [0.25, 0.3) is 0 Å². The SMILES string of the molecule is CC(=O)O[C@H]1CC[C@]2(C)[C@H]([C@@H](O)[C@H](O)[C@]34C[C@H]5C[C@@H](O[C@]5(CO)[C@H]3OC(C)=O)[C@@H]24)C1(C)C. The topological polar surface area (TPSA) is 123 Å². The van der Waals surface area contributed by atoms with E-state index in [-0.39, 0.29) is 42.5 Å². The minimum absolute atomic E-state index is 0.0366. The lowest BCUT2D eigenvalue weighted by Gasteiger charge is -2.70. The lowest BCUT2D eigenvalue weighted by Crippen LogP contribution is -2.76. The van der Waals surface area contributed by atoms with E-state index in [9.17, 15) is 24.9 Å². The smallest absolute Gasteiger partial charge is 0.303 e. The molecule has 2 heterocycles. The molecule has 3 N–H and O–H groups in total. The molecular weight excluding hydrogens is 416 g/mol. The Balaban J connectivity index is 1.64. The Morgan fingerprint density at radius 3 is 2.31 bits per heavy atom. The Labute approximate surface area is 188 Å². The van der Waals surface area contributed by atoms with Gasteiger partial charge >= 0.3 is 11.9 Å². The summed E-state index contributed by atoms with van der Waals surface area (Å²) in [5.74, 6) is -1.37. The van der Waals surface area contributed by atoms with Crippen molar-refractivity contribution in [2.24, 2.45) is 34.0 Å². The molecule has 11 atom stereocenters. The van der Waals surface area contributed by atoms with Gasteiger partial charge in [-0.25, -0.2) is 0 Å². The first-order valence-corrected chi connectivity index (χ1v) is 11.9. The minimum atomic E-state index is -1.15. The van der Waals surface area contributed by atoms with E-state index in [1.54, 1.807) is 0 Å². The summed E-state index contributed by atoms with van der Waals surface area (Å²) in [5, 5.41) is 33.8. The van der Waals surface area contributed by atoms with Gasteiger partial charge < -0.3 is 29.5 Å². The minimum Gasteiger partial charge on any atom is -0.462 e. The number of hydrogen-bond acceptors (Lipinski definition) is 8. The molecule has 6 aliphatic rings. The zero-order valence-corrected chi connectivity index (χ0v) is 19.5. The summed E-state index contributed by atoms with van der Waals surface area (Å²) in [4.78, 5) is 23.9. The van der Waals surface area contributed by atoms with Crippen molar-refractivity contribution in [1.29, 1.82) is 0 Å². The number of fused-ring (bicyclic) bond motifs is 1. The first-order valence-electron chi connectivity index (χ1n) is 11.9. The summed E-state index contributed by atoms with van der Waals surface area (Å²) >= 11 is 0. The molecule has 2 saturated heterocycles. The zero-order valence-electron chi connectivity index (χ0n) is 19.5. The van der Waals surface area contributed by atoms with Crippen LogP contribution >= 0.6 is 0 Å². The molecule has 8 heteroatoms. The number of rotatable bonds is 3. The number of carbonyl (C=O) groups excluding carboxylic acids is 2. The summed E-state index contributed by atoms with van der Waals surface area (Å²) in [6.45, 7) is 8.59. The van der Waals surface area contributed by atoms with Crippen molar-refractivity contribution in [3.63, 3.8) is 0 Å². The standard InChI is InChI=1S/C24H36O8/c1-11(26)30-15-6-7-22(5)17-14-8-13-9-23(17,19(29)16(28)18(22)21(15,3)4)20(31-12(2)27)24(13,10-25)32-14/h13-20,25,28-29H,6-10H2,1-5H3/t13-,14-,15+,16-,17+,18-,19+,20+,22+,23-,24+/m1/s1. The van der Waals surface area contributed by atoms with Gasteiger partial charge in [-0.3, -0.25) is 9.59 Å². The van der Waals surface area contributed by atoms with Gasteiger partial charge in [-0.05, 0) is 37.0 Å². The largest absolute Gasteiger partial charge is 0.462 e. The lowest BCUT2D eigenvalue weighted by molar-refractivity contribution is -0.337. The second-order valence-electron chi connectivity index (χ2n) is 11.9. The third-order valence-electron chi connectivity index (χ3n) is 10.1. The van der Waals surface area contributed by atoms with E-state index in [0.29, 0.717) is 19.3 Å². The molecule has 4 bridgehead atoms. The number of aliphatic hydroxyl groups is 3. The number of esters is 2. The third kappa shape index (κ3) is 2.42. The second kappa shape index (κ2) is 6.68. The first-order chi connectivity index (χ1) is 14.9. The molecule has 0 unspecified atom stereocenters. The van der Waals surface area contributed by atoms with Crippen molar-refractivity contribution in [1.82, 2.24) is 0 Å². The third-order valence-corrected chi connectivity index (χ3v) is 10.1. The van der Waals surface area contributed by atoms with Gasteiger partial charge in [0.05, 0.1) is 24.9 Å². The van der Waals surface area contributed by atoms with E-state index in [0.717, 1.165) is 6.42 Å². The van der Waals surface area contributed by atoms with E-state index in [1.165, 1.54) is 13.8 Å². The second-order valence-corrected chi connectivity index (χ2v) is 11.9. The van der Waals surface area contributed by atoms with E-state index in [1.807, 2.05) is 13.8 Å². The fraction of sp³-hybridized carbons (Fsp3) is 0.917. The maximum Gasteiger partial charge on any atom is 0.303 e. The van der Waals surface area contributed by atoms with Crippen molar-refractivity contribution >= 4 is 11.9 Å². The molecule has 8 nitrogen and oxygen atoms in total. The van der Waals surface area contributed by atoms with Crippen LogP contribution < -0.4 is 0 Å². The Morgan fingerprint density at radius 1 is 1.06 bits per heavy atom. The van der Waals surface area contributed by atoms with Crippen LogP contribution in [0, 0.1) is 34.0 Å². The maximum absolute atomic E-state index is 12.1. The molecule has 4 aliphatic carbocycles. The summed E-state index contributed by atoms with van der Waals surface area (Å²) in [7, 11) is 0. The summed E-state index contributed by atoms with van der Waals surface area (Å²) < 4.78 is 18.0. The van der Waals surface area contributed by atoms with Crippen LogP contribution in [0.15, 0.2) is 0 Å². The number of ether oxygens (including phenoxy) is 3. The van der Waals surface area contributed by atoms with Crippen molar-refractivity contribution < 1.29 is 39.1 Å². The van der Waals surface area contributed by atoms with Gasteiger partial charge in [0.15, 0.2) is 0 Å². The molecule has 0 radical (unpaired) electrons. The first kappa shape index (κ1) is 22.6. The summed E-state index contributed by atoms with van der Waals surface area (Å²) in [5.41, 5.74) is -2.92. The van der Waals surface area contributed by atoms with Gasteiger partial charge in [0.2, 0.25) is 0 Å². The highest BCUT2D eigenvalue weighted by atomic mass is 16.6.